The Kier molecular flexibility index (Phi) is 4.90. The molecule has 1 aromatic carbocycles. The zero-order valence-electron chi connectivity index (χ0n) is 9.94. The van der Waals surface area contributed by atoms with Crippen LogP contribution in [0, 0.1) is 5.82 Å². The first-order valence-corrected chi connectivity index (χ1v) is 6.65. The van der Waals surface area contributed by atoms with Gasteiger partial charge in [0.15, 0.2) is 0 Å². The van der Waals surface area contributed by atoms with Crippen molar-refractivity contribution in [3.63, 3.8) is 0 Å². The van der Waals surface area contributed by atoms with Gasteiger partial charge in [-0.25, -0.2) is 9.37 Å². The summed E-state index contributed by atoms with van der Waals surface area (Å²) < 4.78 is 16.3. The molecule has 2 aromatic rings. The van der Waals surface area contributed by atoms with Crippen LogP contribution < -0.4 is 5.32 Å². The van der Waals surface area contributed by atoms with E-state index in [0.717, 1.165) is 24.0 Å². The molecule has 1 N–H and O–H groups in total. The zero-order chi connectivity index (χ0) is 12.8. The predicted molar refractivity (Wildman–Crippen MR) is 72.7 cm³/mol. The van der Waals surface area contributed by atoms with Gasteiger partial charge in [-0.2, -0.15) is 0 Å². The van der Waals surface area contributed by atoms with Crippen LogP contribution in [-0.2, 0) is 13.1 Å². The number of aryl methyl sites for hydroxylation is 1. The number of rotatable bonds is 6. The third-order valence-electron chi connectivity index (χ3n) is 2.66. The maximum atomic E-state index is 13.5. The SMILES string of the molecule is Fc1cc(Br)ccc1CNCCCn1ccnc1. The lowest BCUT2D eigenvalue weighted by atomic mass is 10.2. The molecule has 0 saturated carbocycles. The van der Waals surface area contributed by atoms with Gasteiger partial charge in [0.25, 0.3) is 0 Å². The number of aromatic nitrogens is 2. The van der Waals surface area contributed by atoms with E-state index in [4.69, 9.17) is 0 Å². The monoisotopic (exact) mass is 311 g/mol. The van der Waals surface area contributed by atoms with Crippen LogP contribution in [0.3, 0.4) is 0 Å². The van der Waals surface area contributed by atoms with Crippen LogP contribution in [0.2, 0.25) is 0 Å². The Morgan fingerprint density at radius 2 is 2.28 bits per heavy atom. The minimum Gasteiger partial charge on any atom is -0.337 e. The number of benzene rings is 1. The molecule has 2 rings (SSSR count). The van der Waals surface area contributed by atoms with Crippen molar-refractivity contribution >= 4 is 15.9 Å². The van der Waals surface area contributed by atoms with E-state index in [1.165, 1.54) is 6.07 Å². The third kappa shape index (κ3) is 3.92. The van der Waals surface area contributed by atoms with E-state index >= 15 is 0 Å². The molecule has 0 unspecified atom stereocenters. The molecule has 0 bridgehead atoms. The van der Waals surface area contributed by atoms with Gasteiger partial charge in [0.1, 0.15) is 5.82 Å². The van der Waals surface area contributed by atoms with Gasteiger partial charge in [0.2, 0.25) is 0 Å². The summed E-state index contributed by atoms with van der Waals surface area (Å²) in [4.78, 5) is 3.98. The molecule has 0 aliphatic rings. The Hall–Kier alpha value is -1.20. The Labute approximate surface area is 114 Å². The fraction of sp³-hybridized carbons (Fsp3) is 0.308. The molecule has 1 heterocycles. The molecule has 0 spiro atoms. The minimum absolute atomic E-state index is 0.175. The van der Waals surface area contributed by atoms with E-state index < -0.39 is 0 Å². The summed E-state index contributed by atoms with van der Waals surface area (Å²) in [6, 6.07) is 5.14. The van der Waals surface area contributed by atoms with Gasteiger partial charge >= 0.3 is 0 Å². The second-order valence-corrected chi connectivity index (χ2v) is 4.98. The number of halogens is 2. The molecule has 0 aliphatic heterocycles. The number of nitrogens with one attached hydrogen (secondary N) is 1. The maximum Gasteiger partial charge on any atom is 0.128 e. The van der Waals surface area contributed by atoms with E-state index in [0.29, 0.717) is 12.1 Å². The summed E-state index contributed by atoms with van der Waals surface area (Å²) in [5.74, 6) is -0.175. The Morgan fingerprint density at radius 1 is 1.39 bits per heavy atom. The maximum absolute atomic E-state index is 13.5. The lowest BCUT2D eigenvalue weighted by Crippen LogP contribution is -2.17. The quantitative estimate of drug-likeness (QED) is 0.831. The zero-order valence-corrected chi connectivity index (χ0v) is 11.5. The van der Waals surface area contributed by atoms with Gasteiger partial charge < -0.3 is 9.88 Å². The first-order chi connectivity index (χ1) is 8.75. The molecule has 3 nitrogen and oxygen atoms in total. The summed E-state index contributed by atoms with van der Waals surface area (Å²) in [5.41, 5.74) is 0.695. The van der Waals surface area contributed by atoms with Crippen molar-refractivity contribution in [3.05, 3.63) is 52.8 Å². The molecular formula is C13H15BrFN3. The first-order valence-electron chi connectivity index (χ1n) is 5.86. The lowest BCUT2D eigenvalue weighted by molar-refractivity contribution is 0.558. The number of imidazole rings is 1. The molecule has 5 heteroatoms. The van der Waals surface area contributed by atoms with Crippen LogP contribution in [0.4, 0.5) is 4.39 Å². The molecule has 96 valence electrons. The van der Waals surface area contributed by atoms with E-state index in [1.807, 2.05) is 16.8 Å². The van der Waals surface area contributed by atoms with Crippen molar-refractivity contribution in [3.8, 4) is 0 Å². The molecule has 0 fully saturated rings. The van der Waals surface area contributed by atoms with Gasteiger partial charge in [-0.1, -0.05) is 22.0 Å². The van der Waals surface area contributed by atoms with Crippen LogP contribution >= 0.6 is 15.9 Å². The molecule has 1 aromatic heterocycles. The Bertz CT molecular complexity index is 485. The molecule has 0 atom stereocenters. The third-order valence-corrected chi connectivity index (χ3v) is 3.15. The summed E-state index contributed by atoms with van der Waals surface area (Å²) in [6.45, 7) is 2.34. The number of hydrogen-bond acceptors (Lipinski definition) is 2. The van der Waals surface area contributed by atoms with E-state index in [9.17, 15) is 4.39 Å². The minimum atomic E-state index is -0.175. The average molecular weight is 312 g/mol. The van der Waals surface area contributed by atoms with Gasteiger partial charge in [0, 0.05) is 35.5 Å². The average Bonchev–Trinajstić information content (AvgIpc) is 2.84. The van der Waals surface area contributed by atoms with E-state index in [2.05, 4.69) is 26.2 Å². The summed E-state index contributed by atoms with van der Waals surface area (Å²) in [5, 5.41) is 3.24. The van der Waals surface area contributed by atoms with Crippen molar-refractivity contribution in [1.82, 2.24) is 14.9 Å². The van der Waals surface area contributed by atoms with Crippen molar-refractivity contribution in [2.45, 2.75) is 19.5 Å². The summed E-state index contributed by atoms with van der Waals surface area (Å²) >= 11 is 3.24. The highest BCUT2D eigenvalue weighted by molar-refractivity contribution is 9.10. The second kappa shape index (κ2) is 6.66. The fourth-order valence-electron chi connectivity index (χ4n) is 1.69. The predicted octanol–water partition coefficient (Wildman–Crippen LogP) is 2.96. The van der Waals surface area contributed by atoms with Crippen LogP contribution in [0.15, 0.2) is 41.4 Å². The van der Waals surface area contributed by atoms with Crippen LogP contribution in [-0.4, -0.2) is 16.1 Å². The molecular weight excluding hydrogens is 297 g/mol. The topological polar surface area (TPSA) is 29.9 Å². The normalized spacial score (nSPS) is 10.8. The highest BCUT2D eigenvalue weighted by atomic mass is 79.9. The Balaban J connectivity index is 1.69. The van der Waals surface area contributed by atoms with Crippen LogP contribution in [0.1, 0.15) is 12.0 Å². The molecule has 0 amide bonds. The van der Waals surface area contributed by atoms with E-state index in [1.54, 1.807) is 18.6 Å². The molecule has 0 saturated heterocycles. The lowest BCUT2D eigenvalue weighted by Gasteiger charge is -2.06. The highest BCUT2D eigenvalue weighted by Crippen LogP contribution is 2.14. The Morgan fingerprint density at radius 3 is 3.00 bits per heavy atom. The van der Waals surface area contributed by atoms with Gasteiger partial charge in [-0.05, 0) is 25.1 Å². The van der Waals surface area contributed by atoms with Crippen LogP contribution in [0.5, 0.6) is 0 Å². The standard InChI is InChI=1S/C13H15BrFN3/c14-12-3-2-11(13(15)8-12)9-16-4-1-6-18-7-5-17-10-18/h2-3,5,7-8,10,16H,1,4,6,9H2. The van der Waals surface area contributed by atoms with Gasteiger partial charge in [-0.15, -0.1) is 0 Å². The van der Waals surface area contributed by atoms with E-state index in [-0.39, 0.29) is 5.82 Å². The molecule has 0 aliphatic carbocycles. The van der Waals surface area contributed by atoms with Crippen molar-refractivity contribution < 1.29 is 4.39 Å². The fourth-order valence-corrected chi connectivity index (χ4v) is 2.03. The molecule has 0 radical (unpaired) electrons. The first kappa shape index (κ1) is 13.2. The second-order valence-electron chi connectivity index (χ2n) is 4.07. The highest BCUT2D eigenvalue weighted by Gasteiger charge is 2.01. The largest absolute Gasteiger partial charge is 0.337 e. The van der Waals surface area contributed by atoms with Crippen LogP contribution in [0.25, 0.3) is 0 Å². The van der Waals surface area contributed by atoms with Crippen molar-refractivity contribution in [2.75, 3.05) is 6.54 Å². The summed E-state index contributed by atoms with van der Waals surface area (Å²) in [7, 11) is 0. The van der Waals surface area contributed by atoms with Gasteiger partial charge in [0.05, 0.1) is 6.33 Å². The number of nitrogens with zero attached hydrogens (tertiary/aromatic N) is 2. The van der Waals surface area contributed by atoms with Gasteiger partial charge in [-0.3, -0.25) is 0 Å². The molecule has 18 heavy (non-hydrogen) atoms. The van der Waals surface area contributed by atoms with Crippen molar-refractivity contribution in [1.29, 1.82) is 0 Å². The summed E-state index contributed by atoms with van der Waals surface area (Å²) in [6.07, 6.45) is 6.50. The number of hydrogen-bond donors (Lipinski definition) is 1. The van der Waals surface area contributed by atoms with Crippen molar-refractivity contribution in [2.24, 2.45) is 0 Å². The smallest absolute Gasteiger partial charge is 0.128 e.